The minimum atomic E-state index is -0.120. The van der Waals surface area contributed by atoms with E-state index in [1.165, 1.54) is 12.5 Å². The van der Waals surface area contributed by atoms with Crippen molar-refractivity contribution in [1.29, 1.82) is 0 Å². The van der Waals surface area contributed by atoms with E-state index in [-0.39, 0.29) is 18.2 Å². The van der Waals surface area contributed by atoms with Crippen molar-refractivity contribution >= 4 is 28.3 Å². The number of benzene rings is 1. The van der Waals surface area contributed by atoms with Gasteiger partial charge in [0.2, 0.25) is 0 Å². The fraction of sp³-hybridized carbons (Fsp3) is 0.571. The van der Waals surface area contributed by atoms with Gasteiger partial charge in [0.25, 0.3) is 0 Å². The first-order valence-electron chi connectivity index (χ1n) is 6.56. The van der Waals surface area contributed by atoms with Crippen LogP contribution in [0.5, 0.6) is 0 Å². The van der Waals surface area contributed by atoms with Crippen molar-refractivity contribution in [3.05, 3.63) is 34.1 Å². The summed E-state index contributed by atoms with van der Waals surface area (Å²) in [5.74, 6) is 1.23. The number of fused-ring (bicyclic) bond motifs is 1. The summed E-state index contributed by atoms with van der Waals surface area (Å²) in [5.41, 5.74) is 6.89. The molecule has 0 spiro atoms. The molecule has 3 rings (SSSR count). The fourth-order valence-electron chi connectivity index (χ4n) is 3.44. The van der Waals surface area contributed by atoms with Gasteiger partial charge in [-0.25, -0.2) is 4.39 Å². The molecule has 0 aromatic heterocycles. The van der Waals surface area contributed by atoms with Crippen LogP contribution in [0.3, 0.4) is 0 Å². The number of nitrogens with two attached hydrogens (primary N) is 1. The van der Waals surface area contributed by atoms with E-state index in [0.29, 0.717) is 18.5 Å². The molecule has 1 aliphatic carbocycles. The largest absolute Gasteiger partial charge is 0.327 e. The Labute approximate surface area is 128 Å². The van der Waals surface area contributed by atoms with Crippen molar-refractivity contribution in [3.8, 4) is 0 Å². The maximum absolute atomic E-state index is 13.8. The maximum Gasteiger partial charge on any atom is 0.128 e. The average Bonchev–Trinajstić information content (AvgIpc) is 2.87. The minimum Gasteiger partial charge on any atom is -0.327 e. The van der Waals surface area contributed by atoms with Gasteiger partial charge < -0.3 is 5.73 Å². The van der Waals surface area contributed by atoms with Gasteiger partial charge in [0.1, 0.15) is 5.82 Å². The molecule has 1 heterocycles. The Balaban J connectivity index is 0.00000133. The smallest absolute Gasteiger partial charge is 0.128 e. The van der Waals surface area contributed by atoms with E-state index >= 15 is 0 Å². The molecule has 1 aliphatic heterocycles. The first kappa shape index (κ1) is 15.2. The van der Waals surface area contributed by atoms with E-state index in [2.05, 4.69) is 20.8 Å². The highest BCUT2D eigenvalue weighted by atomic mass is 79.9. The predicted molar refractivity (Wildman–Crippen MR) is 80.8 cm³/mol. The normalized spacial score (nSPS) is 30.2. The number of hydrogen-bond donors (Lipinski definition) is 1. The molecule has 1 aromatic rings. The molecular formula is C14H19BrClFN2. The average molecular weight is 350 g/mol. The molecule has 3 atom stereocenters. The van der Waals surface area contributed by atoms with E-state index in [9.17, 15) is 4.39 Å². The van der Waals surface area contributed by atoms with Crippen LogP contribution in [0.15, 0.2) is 22.7 Å². The van der Waals surface area contributed by atoms with Crippen LogP contribution in [0, 0.1) is 17.7 Å². The lowest BCUT2D eigenvalue weighted by molar-refractivity contribution is 0.293. The third kappa shape index (κ3) is 2.97. The van der Waals surface area contributed by atoms with Crippen LogP contribution in [0.2, 0.25) is 0 Å². The standard InChI is InChI=1S/C14H18BrFN2.ClH/c15-12-2-1-3-13(16)11(12)8-18-6-9-4-5-14(17)10(9)7-18;/h1-3,9-10,14H,4-8,17H2;1H. The molecule has 1 saturated heterocycles. The van der Waals surface area contributed by atoms with Crippen molar-refractivity contribution in [2.24, 2.45) is 17.6 Å². The predicted octanol–water partition coefficient (Wildman–Crippen LogP) is 3.18. The van der Waals surface area contributed by atoms with Crippen LogP contribution < -0.4 is 5.73 Å². The first-order valence-corrected chi connectivity index (χ1v) is 7.35. The number of hydrogen-bond acceptors (Lipinski definition) is 2. The van der Waals surface area contributed by atoms with Crippen LogP contribution in [0.4, 0.5) is 4.39 Å². The van der Waals surface area contributed by atoms with Gasteiger partial charge in [-0.15, -0.1) is 12.4 Å². The summed E-state index contributed by atoms with van der Waals surface area (Å²) in [5, 5.41) is 0. The molecule has 0 bridgehead atoms. The number of rotatable bonds is 2. The van der Waals surface area contributed by atoms with E-state index < -0.39 is 0 Å². The molecule has 106 valence electrons. The van der Waals surface area contributed by atoms with Gasteiger partial charge in [-0.2, -0.15) is 0 Å². The van der Waals surface area contributed by atoms with E-state index in [1.807, 2.05) is 6.07 Å². The molecular weight excluding hydrogens is 331 g/mol. The lowest BCUT2D eigenvalue weighted by atomic mass is 9.98. The molecule has 1 aromatic carbocycles. The summed E-state index contributed by atoms with van der Waals surface area (Å²) in [7, 11) is 0. The number of halogens is 3. The summed E-state index contributed by atoms with van der Waals surface area (Å²) >= 11 is 3.44. The Morgan fingerprint density at radius 3 is 2.79 bits per heavy atom. The van der Waals surface area contributed by atoms with Crippen LogP contribution in [0.25, 0.3) is 0 Å². The third-order valence-corrected chi connectivity index (χ3v) is 5.17. The molecule has 2 nitrogen and oxygen atoms in total. The Bertz CT molecular complexity index is 437. The molecule has 0 radical (unpaired) electrons. The van der Waals surface area contributed by atoms with Gasteiger partial charge in [0.05, 0.1) is 0 Å². The van der Waals surface area contributed by atoms with Crippen molar-refractivity contribution < 1.29 is 4.39 Å². The SMILES string of the molecule is Cl.NC1CCC2CN(Cc3c(F)cccc3Br)CC12. The van der Waals surface area contributed by atoms with E-state index in [0.717, 1.165) is 35.5 Å². The first-order chi connectivity index (χ1) is 8.65. The van der Waals surface area contributed by atoms with Gasteiger partial charge >= 0.3 is 0 Å². The summed E-state index contributed by atoms with van der Waals surface area (Å²) in [6.07, 6.45) is 2.40. The third-order valence-electron chi connectivity index (χ3n) is 4.43. The summed E-state index contributed by atoms with van der Waals surface area (Å²) in [6, 6.07) is 5.52. The highest BCUT2D eigenvalue weighted by Crippen LogP contribution is 2.38. The van der Waals surface area contributed by atoms with Crippen molar-refractivity contribution in [1.82, 2.24) is 4.90 Å². The minimum absolute atomic E-state index is 0. The summed E-state index contributed by atoms with van der Waals surface area (Å²) in [6.45, 7) is 2.78. The van der Waals surface area contributed by atoms with Crippen LogP contribution >= 0.6 is 28.3 Å². The van der Waals surface area contributed by atoms with Crippen LogP contribution in [-0.4, -0.2) is 24.0 Å². The monoisotopic (exact) mass is 348 g/mol. The zero-order valence-electron chi connectivity index (χ0n) is 10.7. The van der Waals surface area contributed by atoms with Crippen molar-refractivity contribution in [2.75, 3.05) is 13.1 Å². The molecule has 2 aliphatic rings. The van der Waals surface area contributed by atoms with Crippen molar-refractivity contribution in [3.63, 3.8) is 0 Å². The maximum atomic E-state index is 13.8. The van der Waals surface area contributed by atoms with E-state index in [1.54, 1.807) is 6.07 Å². The van der Waals surface area contributed by atoms with Gasteiger partial charge in [-0.1, -0.05) is 22.0 Å². The lowest BCUT2D eigenvalue weighted by Gasteiger charge is -2.19. The Hall–Kier alpha value is -0.160. The lowest BCUT2D eigenvalue weighted by Crippen LogP contribution is -2.30. The number of nitrogens with zero attached hydrogens (tertiary/aromatic N) is 1. The molecule has 19 heavy (non-hydrogen) atoms. The zero-order valence-corrected chi connectivity index (χ0v) is 13.1. The van der Waals surface area contributed by atoms with E-state index in [4.69, 9.17) is 5.73 Å². The Morgan fingerprint density at radius 2 is 2.11 bits per heavy atom. The molecule has 2 N–H and O–H groups in total. The molecule has 3 unspecified atom stereocenters. The van der Waals surface area contributed by atoms with Crippen LogP contribution in [-0.2, 0) is 6.54 Å². The quantitative estimate of drug-likeness (QED) is 0.888. The van der Waals surface area contributed by atoms with Gasteiger partial charge in [-0.05, 0) is 36.8 Å². The summed E-state index contributed by atoms with van der Waals surface area (Å²) in [4.78, 5) is 2.34. The second-order valence-electron chi connectivity index (χ2n) is 5.56. The topological polar surface area (TPSA) is 29.3 Å². The van der Waals surface area contributed by atoms with Crippen LogP contribution in [0.1, 0.15) is 18.4 Å². The zero-order chi connectivity index (χ0) is 12.7. The second kappa shape index (κ2) is 6.08. The summed E-state index contributed by atoms with van der Waals surface area (Å²) < 4.78 is 14.7. The van der Waals surface area contributed by atoms with Gasteiger partial charge in [0, 0.05) is 35.7 Å². The molecule has 2 fully saturated rings. The van der Waals surface area contributed by atoms with Crippen molar-refractivity contribution in [2.45, 2.75) is 25.4 Å². The Kier molecular flexibility index (Phi) is 4.88. The van der Waals surface area contributed by atoms with Gasteiger partial charge in [0.15, 0.2) is 0 Å². The highest BCUT2D eigenvalue weighted by Gasteiger charge is 2.40. The Morgan fingerprint density at radius 1 is 1.32 bits per heavy atom. The second-order valence-corrected chi connectivity index (χ2v) is 6.41. The highest BCUT2D eigenvalue weighted by molar-refractivity contribution is 9.10. The molecule has 1 saturated carbocycles. The molecule has 0 amide bonds. The fourth-order valence-corrected chi connectivity index (χ4v) is 3.90. The number of likely N-dealkylation sites (tertiary alicyclic amines) is 1. The van der Waals surface area contributed by atoms with Gasteiger partial charge in [-0.3, -0.25) is 4.90 Å². The molecule has 5 heteroatoms.